The molecule has 6 heteroatoms. The second kappa shape index (κ2) is 4.81. The average Bonchev–Trinajstić information content (AvgIpc) is 2.75. The Morgan fingerprint density at radius 1 is 1.37 bits per heavy atom. The number of nitrogens with zero attached hydrogens (tertiary/aromatic N) is 2. The van der Waals surface area contributed by atoms with Crippen molar-refractivity contribution in [3.63, 3.8) is 0 Å². The molecule has 0 aliphatic heterocycles. The standard InChI is InChI=1S/C13H17N5O/c1-8-15-11(18-17-8)9-6-4-5-7-10(9)16-12(19)13(2,3)14/h4-7H,14H2,1-3H3,(H,16,19)(H,15,17,18). The zero-order valence-corrected chi connectivity index (χ0v) is 11.2. The van der Waals surface area contributed by atoms with Crippen molar-refractivity contribution in [2.24, 2.45) is 5.73 Å². The lowest BCUT2D eigenvalue weighted by Crippen LogP contribution is -2.45. The summed E-state index contributed by atoms with van der Waals surface area (Å²) >= 11 is 0. The number of aromatic amines is 1. The van der Waals surface area contributed by atoms with E-state index in [1.54, 1.807) is 19.9 Å². The lowest BCUT2D eigenvalue weighted by Gasteiger charge is -2.18. The van der Waals surface area contributed by atoms with Crippen molar-refractivity contribution in [3.05, 3.63) is 30.1 Å². The van der Waals surface area contributed by atoms with Crippen LogP contribution in [0.3, 0.4) is 0 Å². The molecule has 0 saturated heterocycles. The lowest BCUT2D eigenvalue weighted by molar-refractivity contribution is -0.120. The number of nitrogens with two attached hydrogens (primary N) is 1. The molecule has 2 aromatic rings. The molecule has 0 saturated carbocycles. The molecule has 0 radical (unpaired) electrons. The van der Waals surface area contributed by atoms with E-state index < -0.39 is 5.54 Å². The average molecular weight is 259 g/mol. The van der Waals surface area contributed by atoms with Gasteiger partial charge in [0.2, 0.25) is 5.91 Å². The highest BCUT2D eigenvalue weighted by molar-refractivity contribution is 5.99. The first-order valence-corrected chi connectivity index (χ1v) is 5.96. The van der Waals surface area contributed by atoms with Crippen molar-refractivity contribution in [2.75, 3.05) is 5.32 Å². The third kappa shape index (κ3) is 2.97. The van der Waals surface area contributed by atoms with Crippen LogP contribution in [0.1, 0.15) is 19.7 Å². The number of para-hydroxylation sites is 1. The van der Waals surface area contributed by atoms with Gasteiger partial charge in [-0.15, -0.1) is 0 Å². The van der Waals surface area contributed by atoms with E-state index in [0.29, 0.717) is 11.5 Å². The van der Waals surface area contributed by atoms with Gasteiger partial charge in [0.15, 0.2) is 5.82 Å². The van der Waals surface area contributed by atoms with E-state index in [2.05, 4.69) is 20.5 Å². The summed E-state index contributed by atoms with van der Waals surface area (Å²) in [5, 5.41) is 9.68. The molecular formula is C13H17N5O. The van der Waals surface area contributed by atoms with E-state index in [1.165, 1.54) is 0 Å². The summed E-state index contributed by atoms with van der Waals surface area (Å²) < 4.78 is 0. The summed E-state index contributed by atoms with van der Waals surface area (Å²) in [5.74, 6) is 1.01. The van der Waals surface area contributed by atoms with E-state index in [0.717, 1.165) is 11.4 Å². The highest BCUT2D eigenvalue weighted by Crippen LogP contribution is 2.25. The van der Waals surface area contributed by atoms with Crippen LogP contribution in [0.25, 0.3) is 11.4 Å². The van der Waals surface area contributed by atoms with Crippen molar-refractivity contribution in [1.29, 1.82) is 0 Å². The third-order valence-corrected chi connectivity index (χ3v) is 2.60. The molecule has 0 spiro atoms. The quantitative estimate of drug-likeness (QED) is 0.777. The first-order valence-electron chi connectivity index (χ1n) is 5.96. The second-order valence-corrected chi connectivity index (χ2v) is 4.97. The normalized spacial score (nSPS) is 11.4. The van der Waals surface area contributed by atoms with Gasteiger partial charge in [0, 0.05) is 5.56 Å². The SMILES string of the molecule is Cc1nc(-c2ccccc2NC(=O)C(C)(C)N)n[nH]1. The number of carbonyl (C=O) groups excluding carboxylic acids is 1. The molecule has 0 aliphatic carbocycles. The predicted octanol–water partition coefficient (Wildman–Crippen LogP) is 1.46. The predicted molar refractivity (Wildman–Crippen MR) is 73.5 cm³/mol. The molecule has 0 bridgehead atoms. The molecule has 4 N–H and O–H groups in total. The van der Waals surface area contributed by atoms with Gasteiger partial charge in [0.1, 0.15) is 5.82 Å². The summed E-state index contributed by atoms with van der Waals surface area (Å²) in [6.45, 7) is 5.13. The molecular weight excluding hydrogens is 242 g/mol. The number of amides is 1. The first-order chi connectivity index (χ1) is 8.88. The van der Waals surface area contributed by atoms with Gasteiger partial charge in [-0.05, 0) is 32.9 Å². The van der Waals surface area contributed by atoms with Crippen LogP contribution in [0.5, 0.6) is 0 Å². The highest BCUT2D eigenvalue weighted by atomic mass is 16.2. The Morgan fingerprint density at radius 3 is 2.63 bits per heavy atom. The van der Waals surface area contributed by atoms with Gasteiger partial charge < -0.3 is 11.1 Å². The molecule has 0 fully saturated rings. The number of rotatable bonds is 3. The van der Waals surface area contributed by atoms with E-state index >= 15 is 0 Å². The topological polar surface area (TPSA) is 96.7 Å². The van der Waals surface area contributed by atoms with Crippen molar-refractivity contribution < 1.29 is 4.79 Å². The smallest absolute Gasteiger partial charge is 0.243 e. The van der Waals surface area contributed by atoms with Crippen LogP contribution in [0.15, 0.2) is 24.3 Å². The van der Waals surface area contributed by atoms with Gasteiger partial charge in [-0.1, -0.05) is 12.1 Å². The summed E-state index contributed by atoms with van der Waals surface area (Å²) in [6, 6.07) is 7.35. The zero-order chi connectivity index (χ0) is 14.0. The van der Waals surface area contributed by atoms with E-state index in [-0.39, 0.29) is 5.91 Å². The number of H-pyrrole nitrogens is 1. The van der Waals surface area contributed by atoms with E-state index in [9.17, 15) is 4.79 Å². The summed E-state index contributed by atoms with van der Waals surface area (Å²) in [4.78, 5) is 16.2. The highest BCUT2D eigenvalue weighted by Gasteiger charge is 2.23. The maximum absolute atomic E-state index is 11.9. The van der Waals surface area contributed by atoms with Crippen LogP contribution in [0, 0.1) is 6.92 Å². The minimum absolute atomic E-state index is 0.257. The number of carbonyl (C=O) groups is 1. The number of hydrogen-bond donors (Lipinski definition) is 3. The van der Waals surface area contributed by atoms with Gasteiger partial charge in [-0.25, -0.2) is 4.98 Å². The molecule has 1 amide bonds. The number of hydrogen-bond acceptors (Lipinski definition) is 4. The Morgan fingerprint density at radius 2 is 2.05 bits per heavy atom. The number of aromatic nitrogens is 3. The van der Waals surface area contributed by atoms with Gasteiger partial charge in [0.25, 0.3) is 0 Å². The maximum atomic E-state index is 11.9. The molecule has 1 aromatic carbocycles. The molecule has 0 aliphatic rings. The third-order valence-electron chi connectivity index (χ3n) is 2.60. The van der Waals surface area contributed by atoms with Crippen LogP contribution < -0.4 is 11.1 Å². The summed E-state index contributed by atoms with van der Waals surface area (Å²) in [5.41, 5.74) is 6.23. The minimum Gasteiger partial charge on any atom is -0.324 e. The largest absolute Gasteiger partial charge is 0.324 e. The Labute approximate surface area is 111 Å². The molecule has 19 heavy (non-hydrogen) atoms. The molecule has 100 valence electrons. The number of nitrogens with one attached hydrogen (secondary N) is 2. The van der Waals surface area contributed by atoms with Crippen LogP contribution >= 0.6 is 0 Å². The van der Waals surface area contributed by atoms with Crippen molar-refractivity contribution >= 4 is 11.6 Å². The Balaban J connectivity index is 2.35. The van der Waals surface area contributed by atoms with Crippen LogP contribution in [-0.2, 0) is 4.79 Å². The molecule has 0 unspecified atom stereocenters. The number of benzene rings is 1. The Hall–Kier alpha value is -2.21. The number of aryl methyl sites for hydroxylation is 1. The van der Waals surface area contributed by atoms with Crippen molar-refractivity contribution in [1.82, 2.24) is 15.2 Å². The van der Waals surface area contributed by atoms with Crippen LogP contribution in [-0.4, -0.2) is 26.6 Å². The Bertz CT molecular complexity index is 597. The van der Waals surface area contributed by atoms with E-state index in [4.69, 9.17) is 5.73 Å². The zero-order valence-electron chi connectivity index (χ0n) is 11.2. The van der Waals surface area contributed by atoms with E-state index in [1.807, 2.05) is 25.1 Å². The van der Waals surface area contributed by atoms with Gasteiger partial charge in [-0.3, -0.25) is 9.89 Å². The lowest BCUT2D eigenvalue weighted by atomic mass is 10.1. The fourth-order valence-electron chi connectivity index (χ4n) is 1.53. The molecule has 0 atom stereocenters. The van der Waals surface area contributed by atoms with Crippen LogP contribution in [0.4, 0.5) is 5.69 Å². The van der Waals surface area contributed by atoms with Crippen molar-refractivity contribution in [2.45, 2.75) is 26.3 Å². The fraction of sp³-hybridized carbons (Fsp3) is 0.308. The molecule has 1 aromatic heterocycles. The fourth-order valence-corrected chi connectivity index (χ4v) is 1.53. The second-order valence-electron chi connectivity index (χ2n) is 4.97. The first kappa shape index (κ1) is 13.2. The maximum Gasteiger partial charge on any atom is 0.243 e. The molecule has 6 nitrogen and oxygen atoms in total. The number of anilines is 1. The Kier molecular flexibility index (Phi) is 3.35. The van der Waals surface area contributed by atoms with Crippen LogP contribution in [0.2, 0.25) is 0 Å². The molecule has 1 heterocycles. The van der Waals surface area contributed by atoms with Gasteiger partial charge in [-0.2, -0.15) is 5.10 Å². The summed E-state index contributed by atoms with van der Waals surface area (Å²) in [6.07, 6.45) is 0. The molecule has 2 rings (SSSR count). The van der Waals surface area contributed by atoms with Crippen molar-refractivity contribution in [3.8, 4) is 11.4 Å². The summed E-state index contributed by atoms with van der Waals surface area (Å²) in [7, 11) is 0. The minimum atomic E-state index is -0.942. The van der Waals surface area contributed by atoms with Gasteiger partial charge in [0.05, 0.1) is 11.2 Å². The van der Waals surface area contributed by atoms with Gasteiger partial charge >= 0.3 is 0 Å². The monoisotopic (exact) mass is 259 g/mol.